The summed E-state index contributed by atoms with van der Waals surface area (Å²) in [4.78, 5) is 12.1. The number of nitrogens with zero attached hydrogens (tertiary/aromatic N) is 1. The van der Waals surface area contributed by atoms with Crippen LogP contribution in [0.5, 0.6) is 17.2 Å². The molecule has 2 aromatic rings. The molecule has 0 bridgehead atoms. The van der Waals surface area contributed by atoms with Crippen LogP contribution < -0.4 is 14.9 Å². The zero-order valence-electron chi connectivity index (χ0n) is 13.7. The second-order valence-electron chi connectivity index (χ2n) is 4.97. The fraction of sp³-hybridized carbons (Fsp3) is 0.222. The summed E-state index contributed by atoms with van der Waals surface area (Å²) in [6.45, 7) is 2.59. The number of methoxy groups -OCH3 is 1. The lowest BCUT2D eigenvalue weighted by atomic mass is 10.2. The highest BCUT2D eigenvalue weighted by atomic mass is 16.5. The van der Waals surface area contributed by atoms with E-state index in [1.807, 2.05) is 6.92 Å². The number of carbonyl (C=O) groups is 1. The highest BCUT2D eigenvalue weighted by Crippen LogP contribution is 2.28. The third-order valence-electron chi connectivity index (χ3n) is 3.19. The normalized spacial score (nSPS) is 10.6. The topological polar surface area (TPSA) is 80.2 Å². The number of hydrazone groups is 1. The van der Waals surface area contributed by atoms with E-state index in [0.29, 0.717) is 29.2 Å². The molecule has 0 aromatic heterocycles. The van der Waals surface area contributed by atoms with Crippen molar-refractivity contribution in [1.29, 1.82) is 0 Å². The van der Waals surface area contributed by atoms with Crippen molar-refractivity contribution in [2.75, 3.05) is 13.7 Å². The highest BCUT2D eigenvalue weighted by molar-refractivity contribution is 5.95. The van der Waals surface area contributed by atoms with Gasteiger partial charge in [0.1, 0.15) is 5.75 Å². The molecule has 0 aliphatic rings. The highest BCUT2D eigenvalue weighted by Gasteiger charge is 2.10. The Hall–Kier alpha value is -3.02. The summed E-state index contributed by atoms with van der Waals surface area (Å²) < 4.78 is 10.8. The van der Waals surface area contributed by atoms with Gasteiger partial charge in [0, 0.05) is 11.1 Å². The Morgan fingerprint density at radius 2 is 2.04 bits per heavy atom. The molecular weight excluding hydrogens is 308 g/mol. The first-order chi connectivity index (χ1) is 11.7. The smallest absolute Gasteiger partial charge is 0.271 e. The minimum absolute atomic E-state index is 0.0922. The van der Waals surface area contributed by atoms with E-state index in [1.165, 1.54) is 13.3 Å². The number of carbonyl (C=O) groups excluding carboxylic acids is 1. The number of phenolic OH excluding ortho intramolecular Hbond substituents is 1. The van der Waals surface area contributed by atoms with Crippen molar-refractivity contribution in [3.63, 3.8) is 0 Å². The van der Waals surface area contributed by atoms with Gasteiger partial charge in [-0.25, -0.2) is 5.43 Å². The summed E-state index contributed by atoms with van der Waals surface area (Å²) >= 11 is 0. The van der Waals surface area contributed by atoms with Crippen molar-refractivity contribution in [2.45, 2.75) is 13.3 Å². The monoisotopic (exact) mass is 328 g/mol. The molecule has 1 amide bonds. The molecule has 0 atom stereocenters. The molecular formula is C18H20N2O4. The predicted molar refractivity (Wildman–Crippen MR) is 91.9 cm³/mol. The standard InChI is InChI=1S/C18H20N2O4/c1-3-10-24-16-9-8-13(11-17(16)23-2)18(22)20-19-12-14-6-4-5-7-15(14)21/h4-9,11-12,21H,3,10H2,1-2H3,(H,20,22)/b19-12+. The Labute approximate surface area is 140 Å². The molecule has 6 heteroatoms. The Morgan fingerprint density at radius 1 is 1.25 bits per heavy atom. The van der Waals surface area contributed by atoms with Crippen molar-refractivity contribution in [2.24, 2.45) is 5.10 Å². The van der Waals surface area contributed by atoms with Gasteiger partial charge in [0.25, 0.3) is 5.91 Å². The molecule has 0 spiro atoms. The second-order valence-corrected chi connectivity index (χ2v) is 4.97. The number of para-hydroxylation sites is 1. The van der Waals surface area contributed by atoms with Gasteiger partial charge in [-0.15, -0.1) is 0 Å². The van der Waals surface area contributed by atoms with Crippen LogP contribution in [0.2, 0.25) is 0 Å². The Bertz CT molecular complexity index is 729. The van der Waals surface area contributed by atoms with Crippen molar-refractivity contribution in [1.82, 2.24) is 5.43 Å². The molecule has 0 aliphatic carbocycles. The lowest BCUT2D eigenvalue weighted by Crippen LogP contribution is -2.17. The summed E-state index contributed by atoms with van der Waals surface area (Å²) in [5, 5.41) is 13.5. The van der Waals surface area contributed by atoms with Crippen LogP contribution in [0, 0.1) is 0 Å². The maximum Gasteiger partial charge on any atom is 0.271 e. The van der Waals surface area contributed by atoms with E-state index in [2.05, 4.69) is 10.5 Å². The maximum atomic E-state index is 12.1. The SMILES string of the molecule is CCCOc1ccc(C(=O)N/N=C/c2ccccc2O)cc1OC. The van der Waals surface area contributed by atoms with Gasteiger partial charge in [-0.05, 0) is 36.8 Å². The molecule has 0 unspecified atom stereocenters. The summed E-state index contributed by atoms with van der Waals surface area (Å²) in [7, 11) is 1.52. The lowest BCUT2D eigenvalue weighted by molar-refractivity contribution is 0.0954. The summed E-state index contributed by atoms with van der Waals surface area (Å²) in [5.41, 5.74) is 3.32. The fourth-order valence-corrected chi connectivity index (χ4v) is 1.96. The predicted octanol–water partition coefficient (Wildman–Crippen LogP) is 2.95. The fourth-order valence-electron chi connectivity index (χ4n) is 1.96. The molecule has 6 nitrogen and oxygen atoms in total. The number of ether oxygens (including phenoxy) is 2. The summed E-state index contributed by atoms with van der Waals surface area (Å²) in [6, 6.07) is 11.6. The average molecular weight is 328 g/mol. The second kappa shape index (κ2) is 8.57. The number of benzene rings is 2. The third kappa shape index (κ3) is 4.49. The molecule has 126 valence electrons. The zero-order valence-corrected chi connectivity index (χ0v) is 13.7. The molecule has 0 fully saturated rings. The molecule has 0 aliphatic heterocycles. The molecule has 2 rings (SSSR count). The van der Waals surface area contributed by atoms with Crippen LogP contribution in [0.1, 0.15) is 29.3 Å². The van der Waals surface area contributed by atoms with Gasteiger partial charge in [0.15, 0.2) is 11.5 Å². The number of amides is 1. The van der Waals surface area contributed by atoms with E-state index in [0.717, 1.165) is 6.42 Å². The van der Waals surface area contributed by atoms with Crippen LogP contribution >= 0.6 is 0 Å². The molecule has 0 radical (unpaired) electrons. The van der Waals surface area contributed by atoms with Gasteiger partial charge in [-0.1, -0.05) is 19.1 Å². The zero-order chi connectivity index (χ0) is 17.4. The van der Waals surface area contributed by atoms with Crippen LogP contribution in [-0.2, 0) is 0 Å². The minimum atomic E-state index is -0.387. The number of hydrogen-bond acceptors (Lipinski definition) is 5. The lowest BCUT2D eigenvalue weighted by Gasteiger charge is -2.11. The first-order valence-electron chi connectivity index (χ1n) is 7.58. The molecule has 2 aromatic carbocycles. The van der Waals surface area contributed by atoms with E-state index in [4.69, 9.17) is 9.47 Å². The maximum absolute atomic E-state index is 12.1. The first-order valence-corrected chi connectivity index (χ1v) is 7.58. The summed E-state index contributed by atoms with van der Waals surface area (Å²) in [5.74, 6) is 0.783. The number of rotatable bonds is 7. The van der Waals surface area contributed by atoms with Gasteiger partial charge in [-0.2, -0.15) is 5.10 Å². The van der Waals surface area contributed by atoms with E-state index in [9.17, 15) is 9.90 Å². The van der Waals surface area contributed by atoms with Crippen molar-refractivity contribution < 1.29 is 19.4 Å². The average Bonchev–Trinajstić information content (AvgIpc) is 2.61. The number of phenols is 1. The minimum Gasteiger partial charge on any atom is -0.507 e. The number of nitrogens with one attached hydrogen (secondary N) is 1. The van der Waals surface area contributed by atoms with Gasteiger partial charge >= 0.3 is 0 Å². The van der Waals surface area contributed by atoms with Crippen LogP contribution in [0.15, 0.2) is 47.6 Å². The Morgan fingerprint density at radius 3 is 2.75 bits per heavy atom. The van der Waals surface area contributed by atoms with Gasteiger partial charge < -0.3 is 14.6 Å². The van der Waals surface area contributed by atoms with Gasteiger partial charge in [-0.3, -0.25) is 4.79 Å². The van der Waals surface area contributed by atoms with Crippen LogP contribution in [-0.4, -0.2) is 30.9 Å². The van der Waals surface area contributed by atoms with Crippen LogP contribution in [0.25, 0.3) is 0 Å². The first kappa shape index (κ1) is 17.3. The summed E-state index contributed by atoms with van der Waals surface area (Å²) in [6.07, 6.45) is 2.26. The van der Waals surface area contributed by atoms with Crippen molar-refractivity contribution in [3.05, 3.63) is 53.6 Å². The van der Waals surface area contributed by atoms with Crippen LogP contribution in [0.4, 0.5) is 0 Å². The largest absolute Gasteiger partial charge is 0.507 e. The Kier molecular flexibility index (Phi) is 6.19. The van der Waals surface area contributed by atoms with E-state index < -0.39 is 0 Å². The van der Waals surface area contributed by atoms with E-state index >= 15 is 0 Å². The van der Waals surface area contributed by atoms with E-state index in [1.54, 1.807) is 42.5 Å². The molecule has 0 saturated carbocycles. The molecule has 2 N–H and O–H groups in total. The number of aromatic hydroxyl groups is 1. The van der Waals surface area contributed by atoms with E-state index in [-0.39, 0.29) is 11.7 Å². The van der Waals surface area contributed by atoms with Crippen LogP contribution in [0.3, 0.4) is 0 Å². The molecule has 0 saturated heterocycles. The van der Waals surface area contributed by atoms with Gasteiger partial charge in [0.2, 0.25) is 0 Å². The Balaban J connectivity index is 2.05. The molecule has 0 heterocycles. The quantitative estimate of drug-likeness (QED) is 0.605. The number of hydrogen-bond donors (Lipinski definition) is 2. The molecule has 24 heavy (non-hydrogen) atoms. The third-order valence-corrected chi connectivity index (χ3v) is 3.19. The van der Waals surface area contributed by atoms with Crippen molar-refractivity contribution >= 4 is 12.1 Å². The van der Waals surface area contributed by atoms with Crippen molar-refractivity contribution in [3.8, 4) is 17.2 Å². The van der Waals surface area contributed by atoms with Gasteiger partial charge in [0.05, 0.1) is 19.9 Å².